The second-order valence-corrected chi connectivity index (χ2v) is 18.5. The minimum atomic E-state index is -0.798. The van der Waals surface area contributed by atoms with Crippen molar-refractivity contribution in [3.63, 3.8) is 0 Å². The highest BCUT2D eigenvalue weighted by Gasteiger charge is 2.19. The Labute approximate surface area is 414 Å². The van der Waals surface area contributed by atoms with Crippen LogP contribution in [0.4, 0.5) is 0 Å². The molecular weight excluding hydrogens is 829 g/mol. The van der Waals surface area contributed by atoms with Gasteiger partial charge in [0.25, 0.3) is 0 Å². The van der Waals surface area contributed by atoms with E-state index < -0.39 is 6.10 Å². The fourth-order valence-electron chi connectivity index (χ4n) is 7.63. The van der Waals surface area contributed by atoms with Crippen molar-refractivity contribution in [1.82, 2.24) is 0 Å². The Morgan fingerprint density at radius 3 is 0.940 bits per heavy atom. The van der Waals surface area contributed by atoms with E-state index in [1.807, 2.05) is 0 Å². The largest absolute Gasteiger partial charge is 0.462 e. The number of carbonyl (C=O) groups excluding carboxylic acids is 3. The first-order valence-corrected chi connectivity index (χ1v) is 28.1. The maximum atomic E-state index is 12.8. The van der Waals surface area contributed by atoms with Gasteiger partial charge in [-0.2, -0.15) is 0 Å². The third-order valence-electron chi connectivity index (χ3n) is 11.9. The van der Waals surface area contributed by atoms with Crippen LogP contribution in [0.1, 0.15) is 265 Å². The molecule has 0 aliphatic rings. The highest BCUT2D eigenvalue weighted by molar-refractivity contribution is 5.71. The molecule has 0 saturated heterocycles. The first-order valence-electron chi connectivity index (χ1n) is 28.1. The normalized spacial score (nSPS) is 12.7. The molecule has 6 heteroatoms. The summed E-state index contributed by atoms with van der Waals surface area (Å²) >= 11 is 0. The van der Waals surface area contributed by atoms with Crippen LogP contribution in [0.3, 0.4) is 0 Å². The van der Waals surface area contributed by atoms with Crippen LogP contribution in [0.25, 0.3) is 0 Å². The van der Waals surface area contributed by atoms with Gasteiger partial charge in [0.1, 0.15) is 13.2 Å². The van der Waals surface area contributed by atoms with Crippen molar-refractivity contribution in [2.75, 3.05) is 13.2 Å². The molecule has 0 amide bonds. The average molecular weight is 933 g/mol. The summed E-state index contributed by atoms with van der Waals surface area (Å²) in [7, 11) is 0. The van der Waals surface area contributed by atoms with E-state index in [2.05, 4.69) is 106 Å². The lowest BCUT2D eigenvalue weighted by Gasteiger charge is -2.18. The summed E-state index contributed by atoms with van der Waals surface area (Å²) in [6.07, 6.45) is 71.4. The molecular formula is C61H104O6. The summed E-state index contributed by atoms with van der Waals surface area (Å²) in [6, 6.07) is 0. The molecule has 0 rings (SSSR count). The number of carbonyl (C=O) groups is 3. The second-order valence-electron chi connectivity index (χ2n) is 18.5. The van der Waals surface area contributed by atoms with Crippen LogP contribution in [0.5, 0.6) is 0 Å². The Kier molecular flexibility index (Phi) is 52.4. The smallest absolute Gasteiger partial charge is 0.306 e. The molecule has 0 heterocycles. The standard InChI is InChI=1S/C61H104O6/c1-4-7-10-13-16-19-22-25-28-29-30-31-34-36-39-42-45-48-51-54-60(63)66-57-58(67-61(64)55-52-49-46-43-40-37-33-27-24-21-18-15-12-9-6-3)56-65-59(62)53-50-47-44-41-38-35-32-26-23-20-17-14-11-8-5-2/h7,10,16,19,25-28,30-33,36,39,58H,4-6,8-9,11-15,17-18,20-24,29,34-35,37-38,40-57H2,1-3H3/b10-7-,19-16-,28-25-,31-30-,32-26-,33-27-,39-36-. The Morgan fingerprint density at radius 2 is 0.582 bits per heavy atom. The van der Waals surface area contributed by atoms with Crippen molar-refractivity contribution in [2.45, 2.75) is 271 Å². The van der Waals surface area contributed by atoms with Gasteiger partial charge in [0.2, 0.25) is 0 Å². The molecule has 0 aromatic carbocycles. The Morgan fingerprint density at radius 1 is 0.313 bits per heavy atom. The summed E-state index contributed by atoms with van der Waals surface area (Å²) in [5.74, 6) is -0.940. The highest BCUT2D eigenvalue weighted by Crippen LogP contribution is 2.14. The average Bonchev–Trinajstić information content (AvgIpc) is 3.33. The summed E-state index contributed by atoms with van der Waals surface area (Å²) in [6.45, 7) is 6.48. The number of esters is 3. The van der Waals surface area contributed by atoms with Crippen LogP contribution in [0, 0.1) is 0 Å². The predicted molar refractivity (Wildman–Crippen MR) is 288 cm³/mol. The number of hydrogen-bond acceptors (Lipinski definition) is 6. The molecule has 0 N–H and O–H groups in total. The van der Waals surface area contributed by atoms with E-state index in [0.717, 1.165) is 116 Å². The van der Waals surface area contributed by atoms with Gasteiger partial charge in [0.15, 0.2) is 6.10 Å². The maximum absolute atomic E-state index is 12.8. The lowest BCUT2D eigenvalue weighted by Crippen LogP contribution is -2.30. The van der Waals surface area contributed by atoms with E-state index in [1.165, 1.54) is 109 Å². The molecule has 0 bridgehead atoms. The molecule has 1 unspecified atom stereocenters. The van der Waals surface area contributed by atoms with E-state index in [4.69, 9.17) is 14.2 Å². The van der Waals surface area contributed by atoms with Crippen molar-refractivity contribution in [2.24, 2.45) is 0 Å². The van der Waals surface area contributed by atoms with E-state index in [-0.39, 0.29) is 31.1 Å². The number of rotatable bonds is 50. The Bertz CT molecular complexity index is 1300. The molecule has 0 fully saturated rings. The van der Waals surface area contributed by atoms with Gasteiger partial charge in [-0.05, 0) is 116 Å². The molecule has 0 radical (unpaired) electrons. The SMILES string of the molecule is CC/C=C\C/C=C\C/C=C\C/C=C\C/C=C\CCCCCC(=O)OCC(COC(=O)CCCCCCC/C=C\CCCCCCCC)OC(=O)CCCCCCC/C=C\CCCCCCCC. The Hall–Kier alpha value is -3.41. The second kappa shape index (κ2) is 55.2. The summed E-state index contributed by atoms with van der Waals surface area (Å²) in [5.41, 5.74) is 0. The zero-order valence-corrected chi connectivity index (χ0v) is 43.9. The number of ether oxygens (including phenoxy) is 3. The van der Waals surface area contributed by atoms with E-state index >= 15 is 0 Å². The van der Waals surface area contributed by atoms with Gasteiger partial charge in [0.05, 0.1) is 0 Å². The zero-order valence-electron chi connectivity index (χ0n) is 43.9. The molecule has 0 spiro atoms. The number of unbranched alkanes of at least 4 members (excludes halogenated alkanes) is 25. The number of hydrogen-bond donors (Lipinski definition) is 0. The van der Waals surface area contributed by atoms with E-state index in [1.54, 1.807) is 0 Å². The first-order chi connectivity index (χ1) is 33.0. The molecule has 0 saturated carbocycles. The minimum absolute atomic E-state index is 0.0947. The summed E-state index contributed by atoms with van der Waals surface area (Å²) in [5, 5.41) is 0. The third kappa shape index (κ3) is 53.4. The summed E-state index contributed by atoms with van der Waals surface area (Å²) in [4.78, 5) is 38.1. The van der Waals surface area contributed by atoms with Gasteiger partial charge in [-0.1, -0.05) is 215 Å². The van der Waals surface area contributed by atoms with Crippen LogP contribution >= 0.6 is 0 Å². The lowest BCUT2D eigenvalue weighted by atomic mass is 10.1. The van der Waals surface area contributed by atoms with Crippen LogP contribution in [0.2, 0.25) is 0 Å². The molecule has 67 heavy (non-hydrogen) atoms. The molecule has 0 aromatic heterocycles. The third-order valence-corrected chi connectivity index (χ3v) is 11.9. The first kappa shape index (κ1) is 63.6. The van der Waals surface area contributed by atoms with Crippen molar-refractivity contribution in [3.05, 3.63) is 85.1 Å². The van der Waals surface area contributed by atoms with Crippen LogP contribution in [-0.2, 0) is 28.6 Å². The highest BCUT2D eigenvalue weighted by atomic mass is 16.6. The van der Waals surface area contributed by atoms with E-state index in [0.29, 0.717) is 19.3 Å². The topological polar surface area (TPSA) is 78.9 Å². The fraction of sp³-hybridized carbons (Fsp3) is 0.721. The maximum Gasteiger partial charge on any atom is 0.306 e. The van der Waals surface area contributed by atoms with Gasteiger partial charge in [-0.25, -0.2) is 0 Å². The van der Waals surface area contributed by atoms with Crippen LogP contribution in [0.15, 0.2) is 85.1 Å². The van der Waals surface area contributed by atoms with Crippen molar-refractivity contribution in [3.8, 4) is 0 Å². The van der Waals surface area contributed by atoms with Crippen molar-refractivity contribution >= 4 is 17.9 Å². The predicted octanol–water partition coefficient (Wildman–Crippen LogP) is 18.8. The minimum Gasteiger partial charge on any atom is -0.462 e. The van der Waals surface area contributed by atoms with Gasteiger partial charge in [0, 0.05) is 19.3 Å². The van der Waals surface area contributed by atoms with Crippen molar-refractivity contribution in [1.29, 1.82) is 0 Å². The molecule has 0 aliphatic heterocycles. The van der Waals surface area contributed by atoms with Gasteiger partial charge in [-0.15, -0.1) is 0 Å². The van der Waals surface area contributed by atoms with Gasteiger partial charge < -0.3 is 14.2 Å². The van der Waals surface area contributed by atoms with Crippen LogP contribution in [-0.4, -0.2) is 37.2 Å². The van der Waals surface area contributed by atoms with E-state index in [9.17, 15) is 14.4 Å². The number of allylic oxidation sites excluding steroid dienone is 14. The molecule has 0 aliphatic carbocycles. The fourth-order valence-corrected chi connectivity index (χ4v) is 7.63. The summed E-state index contributed by atoms with van der Waals surface area (Å²) < 4.78 is 16.8. The van der Waals surface area contributed by atoms with Crippen LogP contribution < -0.4 is 0 Å². The van der Waals surface area contributed by atoms with Gasteiger partial charge >= 0.3 is 17.9 Å². The zero-order chi connectivity index (χ0) is 48.6. The Balaban J connectivity index is 4.47. The quantitative estimate of drug-likeness (QED) is 0.0262. The molecule has 6 nitrogen and oxygen atoms in total. The monoisotopic (exact) mass is 933 g/mol. The molecule has 0 aromatic rings. The lowest BCUT2D eigenvalue weighted by molar-refractivity contribution is -0.167. The van der Waals surface area contributed by atoms with Crippen molar-refractivity contribution < 1.29 is 28.6 Å². The molecule has 1 atom stereocenters. The van der Waals surface area contributed by atoms with Gasteiger partial charge in [-0.3, -0.25) is 14.4 Å². The molecule has 384 valence electrons.